The molecule has 4 N–H and O–H groups in total. The Labute approximate surface area is 254 Å². The molecule has 2 heterocycles. The van der Waals surface area contributed by atoms with Crippen LogP contribution in [0.2, 0.25) is 0 Å². The van der Waals surface area contributed by atoms with Crippen LogP contribution >= 0.6 is 7.44 Å². The molecule has 2 aromatic rings. The smallest absolute Gasteiger partial charge is 0.326 e. The first-order valence-electron chi connectivity index (χ1n) is 15.5. The van der Waals surface area contributed by atoms with E-state index >= 15 is 0 Å². The molecule has 0 saturated heterocycles. The number of esters is 2. The van der Waals surface area contributed by atoms with Gasteiger partial charge in [0.15, 0.2) is 5.65 Å². The fraction of sp³-hybridized carbons (Fsp3) is 0.733. The molecule has 0 amide bonds. The molecule has 12 nitrogen and oxygen atoms in total. The number of ether oxygens (including phenoxy) is 3. The molecule has 4 rings (SSSR count). The maximum absolute atomic E-state index is 14.5. The molecule has 2 aromatic heterocycles. The van der Waals surface area contributed by atoms with E-state index in [9.17, 15) is 14.2 Å². The van der Waals surface area contributed by atoms with Crippen molar-refractivity contribution >= 4 is 36.2 Å². The Morgan fingerprint density at radius 1 is 0.977 bits per heavy atom. The topological polar surface area (TPSA) is 160 Å². The van der Waals surface area contributed by atoms with E-state index in [1.165, 1.54) is 0 Å². The summed E-state index contributed by atoms with van der Waals surface area (Å²) in [7, 11) is -3.75. The molecule has 240 valence electrons. The molecule has 0 spiro atoms. The van der Waals surface area contributed by atoms with Crippen LogP contribution in [-0.4, -0.2) is 63.2 Å². The maximum atomic E-state index is 14.5. The van der Waals surface area contributed by atoms with Gasteiger partial charge in [-0.1, -0.05) is 25.7 Å². The highest BCUT2D eigenvalue weighted by Crippen LogP contribution is 2.42. The standard InChI is InChI=1S/C30H49N6O6P/c1-21(16-36-19-33-25-24(31)14-15-32-26(25)36)42-20-43(39,34-29(2,3)27(37)40-17-22-10-6-7-11-22)35-30(4,5)28(38)41-18-23-12-8-9-13-23/h14-15,19,21-23H,6-13,16-18,20H2,1-5H3,(H2,31,32)(H2,34,35,39)/t21-/m1/s1. The number of nitrogens with two attached hydrogens (primary N) is 1. The van der Waals surface area contributed by atoms with Crippen LogP contribution in [0.5, 0.6) is 0 Å². The van der Waals surface area contributed by atoms with E-state index in [4.69, 9.17) is 19.9 Å². The average Bonchev–Trinajstić information content (AvgIpc) is 3.72. The minimum Gasteiger partial charge on any atom is -0.464 e. The molecule has 0 unspecified atom stereocenters. The second kappa shape index (κ2) is 14.1. The van der Waals surface area contributed by atoms with Crippen molar-refractivity contribution < 1.29 is 28.4 Å². The van der Waals surface area contributed by atoms with Gasteiger partial charge in [-0.15, -0.1) is 0 Å². The van der Waals surface area contributed by atoms with Gasteiger partial charge in [-0.25, -0.2) is 20.1 Å². The Balaban J connectivity index is 1.44. The molecule has 1 atom stereocenters. The number of imidazole rings is 1. The van der Waals surface area contributed by atoms with Gasteiger partial charge in [0.05, 0.1) is 37.9 Å². The van der Waals surface area contributed by atoms with E-state index < -0.39 is 36.6 Å². The molecule has 2 fully saturated rings. The van der Waals surface area contributed by atoms with Crippen molar-refractivity contribution in [2.45, 2.75) is 110 Å². The number of pyridine rings is 1. The molecular formula is C30H49N6O6P. The van der Waals surface area contributed by atoms with Crippen molar-refractivity contribution in [1.82, 2.24) is 24.7 Å². The number of hydrogen-bond donors (Lipinski definition) is 3. The number of rotatable bonds is 15. The molecule has 43 heavy (non-hydrogen) atoms. The summed E-state index contributed by atoms with van der Waals surface area (Å²) in [5, 5.41) is 5.99. The molecular weight excluding hydrogens is 571 g/mol. The fourth-order valence-corrected chi connectivity index (χ4v) is 8.50. The van der Waals surface area contributed by atoms with E-state index in [1.807, 2.05) is 11.5 Å². The molecule has 2 aliphatic rings. The summed E-state index contributed by atoms with van der Waals surface area (Å²) < 4.78 is 33.7. The lowest BCUT2D eigenvalue weighted by molar-refractivity contribution is -0.151. The summed E-state index contributed by atoms with van der Waals surface area (Å²) in [4.78, 5) is 35.0. The van der Waals surface area contributed by atoms with Crippen molar-refractivity contribution in [2.24, 2.45) is 11.8 Å². The van der Waals surface area contributed by atoms with Crippen LogP contribution in [0.15, 0.2) is 18.6 Å². The fourth-order valence-electron chi connectivity index (χ4n) is 5.87. The van der Waals surface area contributed by atoms with Crippen molar-refractivity contribution in [2.75, 3.05) is 25.3 Å². The van der Waals surface area contributed by atoms with Gasteiger partial charge >= 0.3 is 11.9 Å². The Morgan fingerprint density at radius 2 is 1.49 bits per heavy atom. The zero-order chi connectivity index (χ0) is 31.3. The van der Waals surface area contributed by atoms with Crippen molar-refractivity contribution in [3.63, 3.8) is 0 Å². The maximum Gasteiger partial charge on any atom is 0.326 e. The zero-order valence-electron chi connectivity index (χ0n) is 26.3. The minimum absolute atomic E-state index is 0.297. The first-order chi connectivity index (χ1) is 20.3. The van der Waals surface area contributed by atoms with Gasteiger partial charge in [-0.05, 0) is 78.2 Å². The summed E-state index contributed by atoms with van der Waals surface area (Å²) in [5.41, 5.74) is 5.12. The summed E-state index contributed by atoms with van der Waals surface area (Å²) in [6, 6.07) is 1.69. The predicted octanol–water partition coefficient (Wildman–Crippen LogP) is 4.77. The van der Waals surface area contributed by atoms with Crippen LogP contribution in [0.4, 0.5) is 5.69 Å². The summed E-state index contributed by atoms with van der Waals surface area (Å²) in [6.45, 7) is 9.39. The lowest BCUT2D eigenvalue weighted by Gasteiger charge is -2.35. The van der Waals surface area contributed by atoms with Gasteiger partial charge in [-0.2, -0.15) is 0 Å². The third-order valence-corrected chi connectivity index (χ3v) is 10.7. The SMILES string of the molecule is C[C@H](Cn1cnc2c(N)ccnc21)OCP(=O)(NC(C)(C)C(=O)OCC1CCCC1)NC(C)(C)C(=O)OCC1CCCC1. The molecule has 2 saturated carbocycles. The van der Waals surface area contributed by atoms with E-state index in [-0.39, 0.29) is 6.35 Å². The quantitative estimate of drug-likeness (QED) is 0.186. The second-order valence-electron chi connectivity index (χ2n) is 13.3. The molecule has 0 aliphatic heterocycles. The van der Waals surface area contributed by atoms with Crippen LogP contribution in [0.1, 0.15) is 86.0 Å². The number of nitrogen functional groups attached to an aromatic ring is 1. The third kappa shape index (κ3) is 9.00. The van der Waals surface area contributed by atoms with Gasteiger partial charge < -0.3 is 24.5 Å². The first kappa shape index (κ1) is 33.4. The molecule has 0 aromatic carbocycles. The lowest BCUT2D eigenvalue weighted by Crippen LogP contribution is -2.54. The number of carbonyl (C=O) groups excluding carboxylic acids is 2. The van der Waals surface area contributed by atoms with Gasteiger partial charge in [0.1, 0.15) is 22.9 Å². The lowest BCUT2D eigenvalue weighted by atomic mass is 10.1. The van der Waals surface area contributed by atoms with E-state index in [2.05, 4.69) is 20.1 Å². The summed E-state index contributed by atoms with van der Waals surface area (Å²) >= 11 is 0. The Bertz CT molecular complexity index is 1250. The second-order valence-corrected chi connectivity index (χ2v) is 15.5. The van der Waals surface area contributed by atoms with Crippen molar-refractivity contribution in [3.8, 4) is 0 Å². The number of nitrogens with zero attached hydrogens (tertiary/aromatic N) is 3. The molecule has 0 radical (unpaired) electrons. The van der Waals surface area contributed by atoms with E-state index in [0.717, 1.165) is 51.4 Å². The van der Waals surface area contributed by atoms with E-state index in [0.29, 0.717) is 48.4 Å². The number of nitrogens with one attached hydrogen (secondary N) is 2. The number of carbonyl (C=O) groups is 2. The van der Waals surface area contributed by atoms with Crippen molar-refractivity contribution in [1.29, 1.82) is 0 Å². The number of anilines is 1. The Morgan fingerprint density at radius 3 is 2.00 bits per heavy atom. The van der Waals surface area contributed by atoms with Crippen LogP contribution in [0.25, 0.3) is 11.2 Å². The highest BCUT2D eigenvalue weighted by molar-refractivity contribution is 7.59. The van der Waals surface area contributed by atoms with Crippen LogP contribution < -0.4 is 15.9 Å². The van der Waals surface area contributed by atoms with Crippen LogP contribution in [0.3, 0.4) is 0 Å². The predicted molar refractivity (Wildman–Crippen MR) is 165 cm³/mol. The zero-order valence-corrected chi connectivity index (χ0v) is 27.2. The number of hydrogen-bond acceptors (Lipinski definition) is 9. The minimum atomic E-state index is -3.75. The molecule has 2 aliphatic carbocycles. The monoisotopic (exact) mass is 620 g/mol. The van der Waals surface area contributed by atoms with Crippen molar-refractivity contribution in [3.05, 3.63) is 18.6 Å². The summed E-state index contributed by atoms with van der Waals surface area (Å²) in [6.07, 6.45) is 11.3. The average molecular weight is 621 g/mol. The van der Waals surface area contributed by atoms with E-state index in [1.54, 1.807) is 46.3 Å². The van der Waals surface area contributed by atoms with Crippen LogP contribution in [-0.2, 0) is 34.9 Å². The number of aromatic nitrogens is 3. The largest absolute Gasteiger partial charge is 0.464 e. The molecule has 0 bridgehead atoms. The first-order valence-corrected chi connectivity index (χ1v) is 17.4. The highest BCUT2D eigenvalue weighted by Gasteiger charge is 2.43. The van der Waals surface area contributed by atoms with Crippen LogP contribution in [0, 0.1) is 11.8 Å². The summed E-state index contributed by atoms with van der Waals surface area (Å²) in [5.74, 6) is -0.313. The van der Waals surface area contributed by atoms with Gasteiger partial charge in [-0.3, -0.25) is 14.2 Å². The molecule has 13 heteroatoms. The van der Waals surface area contributed by atoms with Gasteiger partial charge in [0.25, 0.3) is 0 Å². The van der Waals surface area contributed by atoms with Gasteiger partial charge in [0.2, 0.25) is 7.44 Å². The number of fused-ring (bicyclic) bond motifs is 1. The normalized spacial score (nSPS) is 17.9. The highest BCUT2D eigenvalue weighted by atomic mass is 31.2. The van der Waals surface area contributed by atoms with Gasteiger partial charge in [0, 0.05) is 6.20 Å². The Kier molecular flexibility index (Phi) is 10.9. The Hall–Kier alpha value is -2.53. The third-order valence-electron chi connectivity index (χ3n) is 8.32.